The molecule has 0 aliphatic carbocycles. The Labute approximate surface area is 153 Å². The molecule has 6 nitrogen and oxygen atoms in total. The van der Waals surface area contributed by atoms with Crippen molar-refractivity contribution >= 4 is 41.5 Å². The van der Waals surface area contributed by atoms with Crippen LogP contribution in [0.4, 0.5) is 0 Å². The van der Waals surface area contributed by atoms with E-state index in [1.165, 1.54) is 18.0 Å². The zero-order valence-corrected chi connectivity index (χ0v) is 14.5. The number of ether oxygens (including phenoxy) is 1. The minimum Gasteiger partial charge on any atom is -0.546 e. The average molecular weight is 378 g/mol. The van der Waals surface area contributed by atoms with E-state index in [1.807, 2.05) is 12.1 Å². The summed E-state index contributed by atoms with van der Waals surface area (Å²) in [4.78, 5) is 23.2. The highest BCUT2D eigenvalue weighted by Crippen LogP contribution is 2.20. The van der Waals surface area contributed by atoms with Crippen molar-refractivity contribution in [3.8, 4) is 5.75 Å². The van der Waals surface area contributed by atoms with Gasteiger partial charge in [0.15, 0.2) is 0 Å². The predicted molar refractivity (Wildman–Crippen MR) is 94.9 cm³/mol. The van der Waals surface area contributed by atoms with Crippen LogP contribution in [0.25, 0.3) is 0 Å². The summed E-state index contributed by atoms with van der Waals surface area (Å²) in [5.41, 5.74) is 2.94. The number of para-hydroxylation sites is 1. The van der Waals surface area contributed by atoms with Crippen molar-refractivity contribution in [3.05, 3.63) is 59.1 Å². The van der Waals surface area contributed by atoms with Crippen molar-refractivity contribution in [1.82, 2.24) is 5.43 Å². The molecule has 8 heteroatoms. The Morgan fingerprint density at radius 3 is 2.64 bits per heavy atom. The number of thioether (sulfide) groups is 1. The van der Waals surface area contributed by atoms with Gasteiger partial charge in [-0.05, 0) is 36.4 Å². The highest BCUT2D eigenvalue weighted by atomic mass is 35.5. The number of hydrogen-bond donors (Lipinski definition) is 1. The Morgan fingerprint density at radius 1 is 1.20 bits per heavy atom. The first-order valence-electron chi connectivity index (χ1n) is 7.16. The molecule has 0 heterocycles. The number of nitrogens with zero attached hydrogens (tertiary/aromatic N) is 1. The van der Waals surface area contributed by atoms with Crippen molar-refractivity contribution in [2.75, 3.05) is 12.4 Å². The zero-order chi connectivity index (χ0) is 18.1. The summed E-state index contributed by atoms with van der Waals surface area (Å²) >= 11 is 7.16. The highest BCUT2D eigenvalue weighted by molar-refractivity contribution is 8.00. The van der Waals surface area contributed by atoms with Crippen molar-refractivity contribution in [3.63, 3.8) is 0 Å². The molecule has 0 saturated carbocycles. The lowest BCUT2D eigenvalue weighted by Crippen LogP contribution is -2.29. The molecule has 2 rings (SSSR count). The van der Waals surface area contributed by atoms with Crippen LogP contribution in [0.15, 0.2) is 58.5 Å². The SMILES string of the molecule is O=C([O-])COc1ccccc1/C=N\NC(=O)CSc1ccc(Cl)cc1. The number of hydrogen-bond acceptors (Lipinski definition) is 6. The van der Waals surface area contributed by atoms with Crippen LogP contribution in [0.3, 0.4) is 0 Å². The molecule has 0 atom stereocenters. The molecular weight excluding hydrogens is 364 g/mol. The Balaban J connectivity index is 1.84. The van der Waals surface area contributed by atoms with Crippen LogP contribution in [0.2, 0.25) is 5.02 Å². The van der Waals surface area contributed by atoms with Crippen LogP contribution in [-0.4, -0.2) is 30.5 Å². The second kappa shape index (κ2) is 9.71. The minimum absolute atomic E-state index is 0.196. The molecule has 0 unspecified atom stereocenters. The van der Waals surface area contributed by atoms with Gasteiger partial charge < -0.3 is 14.6 Å². The maximum Gasteiger partial charge on any atom is 0.250 e. The van der Waals surface area contributed by atoms with Gasteiger partial charge in [-0.2, -0.15) is 5.10 Å². The standard InChI is InChI=1S/C17H15ClN2O4S/c18-13-5-7-14(8-6-13)25-11-16(21)20-19-9-12-3-1-2-4-15(12)24-10-17(22)23/h1-9H,10-11H2,(H,20,21)(H,22,23)/p-1/b19-9-. The summed E-state index contributed by atoms with van der Waals surface area (Å²) < 4.78 is 5.09. The number of hydrazone groups is 1. The van der Waals surface area contributed by atoms with E-state index in [-0.39, 0.29) is 11.7 Å². The molecule has 2 aromatic carbocycles. The van der Waals surface area contributed by atoms with Crippen molar-refractivity contribution in [2.45, 2.75) is 4.90 Å². The van der Waals surface area contributed by atoms with Gasteiger partial charge in [0.2, 0.25) is 5.91 Å². The van der Waals surface area contributed by atoms with E-state index in [0.29, 0.717) is 16.3 Å². The van der Waals surface area contributed by atoms with Gasteiger partial charge in [0.05, 0.1) is 17.9 Å². The van der Waals surface area contributed by atoms with Gasteiger partial charge in [-0.1, -0.05) is 23.7 Å². The average Bonchev–Trinajstić information content (AvgIpc) is 2.60. The highest BCUT2D eigenvalue weighted by Gasteiger charge is 2.03. The maximum atomic E-state index is 11.8. The van der Waals surface area contributed by atoms with Gasteiger partial charge in [-0.15, -0.1) is 11.8 Å². The monoisotopic (exact) mass is 377 g/mol. The van der Waals surface area contributed by atoms with Gasteiger partial charge >= 0.3 is 0 Å². The van der Waals surface area contributed by atoms with Crippen molar-refractivity contribution < 1.29 is 19.4 Å². The van der Waals surface area contributed by atoms with Crippen LogP contribution in [0, 0.1) is 0 Å². The first kappa shape index (κ1) is 18.8. The largest absolute Gasteiger partial charge is 0.546 e. The summed E-state index contributed by atoms with van der Waals surface area (Å²) in [5.74, 6) is -1.06. The Kier molecular flexibility index (Phi) is 7.31. The lowest BCUT2D eigenvalue weighted by molar-refractivity contribution is -0.307. The summed E-state index contributed by atoms with van der Waals surface area (Å²) in [6.07, 6.45) is 1.38. The number of carboxylic acid groups (broad SMARTS) is 1. The van der Waals surface area contributed by atoms with Gasteiger partial charge in [0.1, 0.15) is 12.4 Å². The van der Waals surface area contributed by atoms with Gasteiger partial charge in [-0.3, -0.25) is 4.79 Å². The Hall–Kier alpha value is -2.51. The number of carboxylic acids is 1. The molecule has 25 heavy (non-hydrogen) atoms. The van der Waals surface area contributed by atoms with Crippen LogP contribution in [0.1, 0.15) is 5.56 Å². The summed E-state index contributed by atoms with van der Waals surface area (Å²) in [6.45, 7) is -0.561. The third-order valence-corrected chi connectivity index (χ3v) is 4.10. The molecule has 1 N–H and O–H groups in total. The number of halogens is 1. The second-order valence-electron chi connectivity index (χ2n) is 4.73. The van der Waals surface area contributed by atoms with Crippen molar-refractivity contribution in [1.29, 1.82) is 0 Å². The molecule has 1 amide bonds. The van der Waals surface area contributed by atoms with Gasteiger partial charge in [-0.25, -0.2) is 5.43 Å². The number of nitrogens with one attached hydrogen (secondary N) is 1. The summed E-state index contributed by atoms with van der Waals surface area (Å²) in [6, 6.07) is 13.9. The zero-order valence-electron chi connectivity index (χ0n) is 13.0. The molecule has 0 spiro atoms. The maximum absolute atomic E-state index is 11.8. The molecule has 0 aliphatic heterocycles. The van der Waals surface area contributed by atoms with E-state index in [9.17, 15) is 14.7 Å². The van der Waals surface area contributed by atoms with E-state index < -0.39 is 12.6 Å². The molecule has 0 radical (unpaired) electrons. The third kappa shape index (κ3) is 6.86. The first-order valence-corrected chi connectivity index (χ1v) is 8.53. The number of amides is 1. The molecule has 130 valence electrons. The Bertz CT molecular complexity index is 765. The smallest absolute Gasteiger partial charge is 0.250 e. The molecule has 0 aromatic heterocycles. The molecule has 0 bridgehead atoms. The molecule has 0 fully saturated rings. The van der Waals surface area contributed by atoms with E-state index in [0.717, 1.165) is 4.90 Å². The molecule has 0 saturated heterocycles. The van der Waals surface area contributed by atoms with Crippen LogP contribution in [0.5, 0.6) is 5.75 Å². The summed E-state index contributed by atoms with van der Waals surface area (Å²) in [7, 11) is 0. The fourth-order valence-corrected chi connectivity index (χ4v) is 2.56. The number of rotatable bonds is 8. The van der Waals surface area contributed by atoms with Crippen LogP contribution in [-0.2, 0) is 9.59 Å². The van der Waals surface area contributed by atoms with Crippen molar-refractivity contribution in [2.24, 2.45) is 5.10 Å². The predicted octanol–water partition coefficient (Wildman–Crippen LogP) is 1.71. The quantitative estimate of drug-likeness (QED) is 0.429. The molecular formula is C17H14ClN2O4S-. The van der Waals surface area contributed by atoms with Crippen LogP contribution >= 0.6 is 23.4 Å². The van der Waals surface area contributed by atoms with Crippen LogP contribution < -0.4 is 15.3 Å². The van der Waals surface area contributed by atoms with E-state index in [2.05, 4.69) is 10.5 Å². The minimum atomic E-state index is -1.32. The van der Waals surface area contributed by atoms with Gasteiger partial charge in [0, 0.05) is 15.5 Å². The lowest BCUT2D eigenvalue weighted by atomic mass is 10.2. The Morgan fingerprint density at radius 2 is 1.92 bits per heavy atom. The number of aliphatic carboxylic acids is 1. The lowest BCUT2D eigenvalue weighted by Gasteiger charge is -2.09. The second-order valence-corrected chi connectivity index (χ2v) is 6.22. The fraction of sp³-hybridized carbons (Fsp3) is 0.118. The topological polar surface area (TPSA) is 90.8 Å². The normalized spacial score (nSPS) is 10.6. The number of carbonyl (C=O) groups excluding carboxylic acids is 2. The number of benzene rings is 2. The van der Waals surface area contributed by atoms with E-state index in [1.54, 1.807) is 36.4 Å². The van der Waals surface area contributed by atoms with Gasteiger partial charge in [0.25, 0.3) is 0 Å². The number of carbonyl (C=O) groups is 2. The molecule has 2 aromatic rings. The summed E-state index contributed by atoms with van der Waals surface area (Å²) in [5, 5.41) is 14.9. The van der Waals surface area contributed by atoms with E-state index >= 15 is 0 Å². The third-order valence-electron chi connectivity index (χ3n) is 2.84. The first-order chi connectivity index (χ1) is 12.0. The fourth-order valence-electron chi connectivity index (χ4n) is 1.74. The molecule has 0 aliphatic rings. The van der Waals surface area contributed by atoms with E-state index in [4.69, 9.17) is 16.3 Å².